The number of hydrogen-bond acceptors (Lipinski definition) is 3. The third kappa shape index (κ3) is 36.3. The molecule has 46 heavy (non-hydrogen) atoms. The van der Waals surface area contributed by atoms with Crippen molar-refractivity contribution in [2.45, 2.75) is 252 Å². The van der Waals surface area contributed by atoms with Gasteiger partial charge in [0.15, 0.2) is 0 Å². The minimum absolute atomic E-state index is 0. The zero-order valence-electron chi connectivity index (χ0n) is 32.5. The van der Waals surface area contributed by atoms with Crippen molar-refractivity contribution in [3.05, 3.63) is 0 Å². The van der Waals surface area contributed by atoms with Crippen molar-refractivity contribution in [2.24, 2.45) is 0 Å². The molecule has 0 saturated carbocycles. The Morgan fingerprint density at radius 2 is 0.587 bits per heavy atom. The molecule has 0 radical (unpaired) electrons. The van der Waals surface area contributed by atoms with Gasteiger partial charge in [-0.1, -0.05) is 226 Å². The van der Waals surface area contributed by atoms with Crippen molar-refractivity contribution >= 4 is 5.97 Å². The van der Waals surface area contributed by atoms with E-state index in [9.17, 15) is 9.90 Å². The van der Waals surface area contributed by atoms with Gasteiger partial charge in [0.05, 0.1) is 5.97 Å². The van der Waals surface area contributed by atoms with Crippen LogP contribution in [0.4, 0.5) is 0 Å². The van der Waals surface area contributed by atoms with Crippen LogP contribution in [0.15, 0.2) is 0 Å². The topological polar surface area (TPSA) is 43.4 Å². The standard InChI is InChI=1S/C42H85NO2.K/c1-4-7-9-11-13-15-17-19-21-23-25-27-29-31-33-35-37-39-43(41(6-3)42(44)45)40-38-36-34-32-30-28-26-24-22-20-18-16-14-12-10-8-5-2;/h41H,4-40H2,1-3H3,(H,44,45);/q;+1/p-1. The summed E-state index contributed by atoms with van der Waals surface area (Å²) in [6.45, 7) is 8.42. The van der Waals surface area contributed by atoms with E-state index in [0.717, 1.165) is 25.9 Å². The maximum absolute atomic E-state index is 11.8. The van der Waals surface area contributed by atoms with Gasteiger partial charge in [-0.2, -0.15) is 0 Å². The van der Waals surface area contributed by atoms with Crippen molar-refractivity contribution in [2.75, 3.05) is 13.1 Å². The number of unbranched alkanes of at least 4 members (excludes halogenated alkanes) is 32. The number of carbonyl (C=O) groups excluding carboxylic acids is 1. The van der Waals surface area contributed by atoms with Crippen molar-refractivity contribution in [1.29, 1.82) is 0 Å². The van der Waals surface area contributed by atoms with Gasteiger partial charge in [0, 0.05) is 6.04 Å². The van der Waals surface area contributed by atoms with Crippen molar-refractivity contribution in [3.8, 4) is 0 Å². The second-order valence-corrected chi connectivity index (χ2v) is 14.6. The largest absolute Gasteiger partial charge is 1.00 e. The van der Waals surface area contributed by atoms with E-state index in [2.05, 4.69) is 18.7 Å². The molecule has 0 aromatic heterocycles. The van der Waals surface area contributed by atoms with Gasteiger partial charge in [-0.3, -0.25) is 4.90 Å². The number of carbonyl (C=O) groups is 1. The molecule has 0 spiro atoms. The fraction of sp³-hybridized carbons (Fsp3) is 0.976. The van der Waals surface area contributed by atoms with Crippen LogP contribution in [-0.4, -0.2) is 30.0 Å². The minimum atomic E-state index is -0.878. The van der Waals surface area contributed by atoms with Gasteiger partial charge in [0.2, 0.25) is 0 Å². The Morgan fingerprint density at radius 1 is 0.391 bits per heavy atom. The van der Waals surface area contributed by atoms with E-state index in [1.54, 1.807) is 0 Å². The number of aliphatic carboxylic acids is 1. The molecule has 0 rings (SSSR count). The average Bonchev–Trinajstić information content (AvgIpc) is 3.03. The quantitative estimate of drug-likeness (QED) is 0.0482. The zero-order chi connectivity index (χ0) is 32.9. The third-order valence-corrected chi connectivity index (χ3v) is 10.2. The van der Waals surface area contributed by atoms with Crippen LogP contribution in [0, 0.1) is 0 Å². The molecule has 0 N–H and O–H groups in total. The molecule has 3 nitrogen and oxygen atoms in total. The predicted molar refractivity (Wildman–Crippen MR) is 199 cm³/mol. The van der Waals surface area contributed by atoms with E-state index < -0.39 is 12.0 Å². The van der Waals surface area contributed by atoms with E-state index in [1.807, 2.05) is 6.92 Å². The summed E-state index contributed by atoms with van der Waals surface area (Å²) in [5, 5.41) is 11.8. The Bertz CT molecular complexity index is 534. The molecular weight excluding hydrogens is 590 g/mol. The molecule has 4 heteroatoms. The van der Waals surface area contributed by atoms with Gasteiger partial charge >= 0.3 is 51.4 Å². The molecule has 0 aliphatic rings. The Hall–Kier alpha value is 1.07. The van der Waals surface area contributed by atoms with Gasteiger partial charge in [-0.25, -0.2) is 0 Å². The van der Waals surface area contributed by atoms with Crippen LogP contribution in [0.1, 0.15) is 245 Å². The molecule has 0 aliphatic heterocycles. The fourth-order valence-electron chi connectivity index (χ4n) is 7.08. The molecule has 0 aromatic carbocycles. The van der Waals surface area contributed by atoms with Crippen LogP contribution in [0.2, 0.25) is 0 Å². The van der Waals surface area contributed by atoms with E-state index in [0.29, 0.717) is 6.42 Å². The molecule has 270 valence electrons. The number of rotatable bonds is 39. The van der Waals surface area contributed by atoms with Gasteiger partial charge in [0.25, 0.3) is 0 Å². The summed E-state index contributed by atoms with van der Waals surface area (Å²) in [6.07, 6.45) is 47.6. The van der Waals surface area contributed by atoms with Gasteiger partial charge < -0.3 is 9.90 Å². The number of nitrogens with zero attached hydrogens (tertiary/aromatic N) is 1. The van der Waals surface area contributed by atoms with Gasteiger partial charge in [-0.05, 0) is 32.4 Å². The number of carboxylic acids is 1. The van der Waals surface area contributed by atoms with E-state index >= 15 is 0 Å². The van der Waals surface area contributed by atoms with Crippen LogP contribution >= 0.6 is 0 Å². The maximum atomic E-state index is 11.8. The van der Waals surface area contributed by atoms with Crippen molar-refractivity contribution in [3.63, 3.8) is 0 Å². The summed E-state index contributed by atoms with van der Waals surface area (Å²) >= 11 is 0. The van der Waals surface area contributed by atoms with Crippen LogP contribution in [-0.2, 0) is 4.79 Å². The monoisotopic (exact) mass is 674 g/mol. The predicted octanol–water partition coefficient (Wildman–Crippen LogP) is 10.1. The summed E-state index contributed by atoms with van der Waals surface area (Å²) in [5.74, 6) is -0.878. The summed E-state index contributed by atoms with van der Waals surface area (Å²) in [5.41, 5.74) is 0. The maximum Gasteiger partial charge on any atom is 1.00 e. The third-order valence-electron chi connectivity index (χ3n) is 10.2. The van der Waals surface area contributed by atoms with Gasteiger partial charge in [0.1, 0.15) is 0 Å². The molecule has 0 saturated heterocycles. The van der Waals surface area contributed by atoms with Crippen LogP contribution in [0.3, 0.4) is 0 Å². The molecule has 0 heterocycles. The Morgan fingerprint density at radius 3 is 0.761 bits per heavy atom. The second-order valence-electron chi connectivity index (χ2n) is 14.6. The van der Waals surface area contributed by atoms with Crippen LogP contribution < -0.4 is 56.5 Å². The molecule has 0 aromatic rings. The summed E-state index contributed by atoms with van der Waals surface area (Å²) < 4.78 is 0. The van der Waals surface area contributed by atoms with E-state index in [-0.39, 0.29) is 51.4 Å². The zero-order valence-corrected chi connectivity index (χ0v) is 35.6. The van der Waals surface area contributed by atoms with Gasteiger partial charge in [-0.15, -0.1) is 0 Å². The number of hydrogen-bond donors (Lipinski definition) is 0. The average molecular weight is 674 g/mol. The first-order valence-corrected chi connectivity index (χ1v) is 21.1. The molecule has 0 amide bonds. The molecule has 1 atom stereocenters. The summed E-state index contributed by atoms with van der Waals surface area (Å²) in [6, 6.07) is -0.410. The van der Waals surface area contributed by atoms with Crippen molar-refractivity contribution < 1.29 is 61.3 Å². The normalized spacial score (nSPS) is 12.1. The smallest absolute Gasteiger partial charge is 0.548 e. The molecule has 0 bridgehead atoms. The fourth-order valence-corrected chi connectivity index (χ4v) is 7.08. The Kier molecular flexibility index (Phi) is 45.2. The SMILES string of the molecule is CCCCCCCCCCCCCCCCCCCN(CCCCCCCCCCCCCCCCCCC)C(CC)C(=O)[O-].[K+]. The van der Waals surface area contributed by atoms with E-state index in [4.69, 9.17) is 0 Å². The van der Waals surface area contributed by atoms with Crippen LogP contribution in [0.25, 0.3) is 0 Å². The first-order chi connectivity index (χ1) is 22.2. The first kappa shape index (κ1) is 49.2. The first-order valence-electron chi connectivity index (χ1n) is 21.1. The number of carboxylic acid groups (broad SMARTS) is 1. The Balaban J connectivity index is 0. The molecule has 0 aliphatic carbocycles. The minimum Gasteiger partial charge on any atom is -0.548 e. The van der Waals surface area contributed by atoms with Crippen LogP contribution in [0.5, 0.6) is 0 Å². The van der Waals surface area contributed by atoms with E-state index in [1.165, 1.54) is 205 Å². The summed E-state index contributed by atoms with van der Waals surface area (Å²) in [7, 11) is 0. The molecule has 1 unspecified atom stereocenters. The second kappa shape index (κ2) is 42.2. The Labute approximate surface area is 333 Å². The van der Waals surface area contributed by atoms with Crippen molar-refractivity contribution in [1.82, 2.24) is 4.90 Å². The summed E-state index contributed by atoms with van der Waals surface area (Å²) in [4.78, 5) is 14.0. The molecular formula is C42H84KNO2. The molecule has 0 fully saturated rings.